The highest BCUT2D eigenvalue weighted by Gasteiger charge is 2.28. The van der Waals surface area contributed by atoms with Crippen LogP contribution in [0.2, 0.25) is 5.15 Å². The lowest BCUT2D eigenvalue weighted by Gasteiger charge is -2.29. The standard InChI is InChI=1S/C30H31BClN3O4/c1-17-13-22(29-23(14-17)28(36)18(2)30(39-29)35-11-5-4-6-12-35)19(3)33-25-9-10-26(32)34-27(25)20-7-8-24-21(15-20)16-38-31(24)37/h7-10,13-15,19,33,37H,4-6,11-12,16H2,1-3H3. The number of anilines is 2. The second kappa shape index (κ2) is 10.3. The minimum absolute atomic E-state index is 0.0189. The number of hydrogen-bond acceptors (Lipinski definition) is 7. The monoisotopic (exact) mass is 543 g/mol. The van der Waals surface area contributed by atoms with Crippen LogP contribution in [-0.2, 0) is 11.3 Å². The smallest absolute Gasteiger partial charge is 0.440 e. The highest BCUT2D eigenvalue weighted by atomic mass is 35.5. The van der Waals surface area contributed by atoms with Gasteiger partial charge in [0.1, 0.15) is 10.7 Å². The van der Waals surface area contributed by atoms with Crippen LogP contribution in [0.1, 0.15) is 54.5 Å². The number of halogens is 1. The predicted molar refractivity (Wildman–Crippen MR) is 157 cm³/mol. The van der Waals surface area contributed by atoms with E-state index >= 15 is 0 Å². The van der Waals surface area contributed by atoms with Crippen molar-refractivity contribution in [1.29, 1.82) is 0 Å². The lowest BCUT2D eigenvalue weighted by Crippen LogP contribution is -2.31. The maximum absolute atomic E-state index is 13.5. The Hall–Kier alpha value is -3.33. The average molecular weight is 544 g/mol. The zero-order valence-electron chi connectivity index (χ0n) is 22.4. The van der Waals surface area contributed by atoms with Crippen molar-refractivity contribution in [2.24, 2.45) is 0 Å². The van der Waals surface area contributed by atoms with Gasteiger partial charge >= 0.3 is 7.12 Å². The van der Waals surface area contributed by atoms with Gasteiger partial charge in [-0.05, 0) is 80.9 Å². The van der Waals surface area contributed by atoms with Gasteiger partial charge in [0.25, 0.3) is 0 Å². The minimum Gasteiger partial charge on any atom is -0.440 e. The van der Waals surface area contributed by atoms with Crippen LogP contribution in [0.15, 0.2) is 51.7 Å². The Morgan fingerprint density at radius 2 is 1.90 bits per heavy atom. The van der Waals surface area contributed by atoms with Crippen LogP contribution in [0.25, 0.3) is 22.2 Å². The molecule has 2 aromatic heterocycles. The number of aromatic nitrogens is 1. The van der Waals surface area contributed by atoms with Gasteiger partial charge < -0.3 is 24.3 Å². The summed E-state index contributed by atoms with van der Waals surface area (Å²) in [7, 11) is -0.901. The fourth-order valence-electron chi connectivity index (χ4n) is 5.74. The van der Waals surface area contributed by atoms with Gasteiger partial charge in [-0.25, -0.2) is 4.98 Å². The third kappa shape index (κ3) is 4.82. The van der Waals surface area contributed by atoms with Crippen LogP contribution >= 0.6 is 11.6 Å². The molecule has 2 N–H and O–H groups in total. The molecule has 39 heavy (non-hydrogen) atoms. The lowest BCUT2D eigenvalue weighted by molar-refractivity contribution is 0.275. The molecule has 0 amide bonds. The Kier molecular flexibility index (Phi) is 6.87. The van der Waals surface area contributed by atoms with Gasteiger partial charge in [-0.3, -0.25) is 4.79 Å². The molecular weight excluding hydrogens is 513 g/mol. The maximum atomic E-state index is 13.5. The summed E-state index contributed by atoms with van der Waals surface area (Å²) in [4.78, 5) is 20.4. The highest BCUT2D eigenvalue weighted by Crippen LogP contribution is 2.35. The molecule has 0 spiro atoms. The summed E-state index contributed by atoms with van der Waals surface area (Å²) in [5.41, 5.74) is 7.26. The molecule has 6 rings (SSSR count). The van der Waals surface area contributed by atoms with Gasteiger partial charge in [0.05, 0.1) is 35.0 Å². The maximum Gasteiger partial charge on any atom is 0.491 e. The zero-order chi connectivity index (χ0) is 27.3. The molecule has 0 bridgehead atoms. The van der Waals surface area contributed by atoms with Crippen molar-refractivity contribution < 1.29 is 14.1 Å². The summed E-state index contributed by atoms with van der Waals surface area (Å²) in [6, 6.07) is 13.2. The molecule has 0 saturated carbocycles. The number of piperidine rings is 1. The average Bonchev–Trinajstić information content (AvgIpc) is 3.31. The number of rotatable bonds is 5. The summed E-state index contributed by atoms with van der Waals surface area (Å²) in [5, 5.41) is 14.6. The van der Waals surface area contributed by atoms with Gasteiger partial charge in [-0.2, -0.15) is 0 Å². The van der Waals surface area contributed by atoms with Crippen LogP contribution in [-0.4, -0.2) is 30.2 Å². The Morgan fingerprint density at radius 1 is 1.10 bits per heavy atom. The molecule has 200 valence electrons. The van der Waals surface area contributed by atoms with E-state index in [0.717, 1.165) is 59.3 Å². The normalized spacial score (nSPS) is 16.0. The van der Waals surface area contributed by atoms with Crippen LogP contribution in [0.4, 0.5) is 11.6 Å². The third-order valence-corrected chi connectivity index (χ3v) is 8.00. The van der Waals surface area contributed by atoms with Gasteiger partial charge in [0.2, 0.25) is 5.88 Å². The van der Waals surface area contributed by atoms with Crippen LogP contribution < -0.4 is 21.1 Å². The van der Waals surface area contributed by atoms with E-state index in [4.69, 9.17) is 20.7 Å². The van der Waals surface area contributed by atoms with Crippen LogP contribution in [0.3, 0.4) is 0 Å². The van der Waals surface area contributed by atoms with Crippen molar-refractivity contribution in [2.75, 3.05) is 23.3 Å². The molecule has 2 aliphatic rings. The Labute approximate surface area is 232 Å². The van der Waals surface area contributed by atoms with Crippen molar-refractivity contribution in [2.45, 2.75) is 52.7 Å². The van der Waals surface area contributed by atoms with E-state index in [1.54, 1.807) is 6.07 Å². The van der Waals surface area contributed by atoms with Crippen molar-refractivity contribution >= 4 is 46.7 Å². The van der Waals surface area contributed by atoms with Crippen molar-refractivity contribution in [1.82, 2.24) is 4.98 Å². The minimum atomic E-state index is -0.901. The van der Waals surface area contributed by atoms with Crippen molar-refractivity contribution in [3.05, 3.63) is 80.1 Å². The second-order valence-corrected chi connectivity index (χ2v) is 11.0. The van der Waals surface area contributed by atoms with Gasteiger partial charge in [-0.15, -0.1) is 0 Å². The second-order valence-electron chi connectivity index (χ2n) is 10.6. The third-order valence-electron chi connectivity index (χ3n) is 7.79. The number of benzene rings is 2. The zero-order valence-corrected chi connectivity index (χ0v) is 23.1. The number of pyridine rings is 1. The molecule has 0 radical (unpaired) electrons. The molecule has 1 saturated heterocycles. The van der Waals surface area contributed by atoms with E-state index in [0.29, 0.717) is 39.9 Å². The molecule has 0 aliphatic carbocycles. The van der Waals surface area contributed by atoms with Gasteiger partial charge in [0.15, 0.2) is 5.43 Å². The Balaban J connectivity index is 1.41. The van der Waals surface area contributed by atoms with Gasteiger partial charge in [-0.1, -0.05) is 29.8 Å². The first-order chi connectivity index (χ1) is 18.8. The highest BCUT2D eigenvalue weighted by molar-refractivity contribution is 6.61. The number of nitrogens with one attached hydrogen (secondary N) is 1. The van der Waals surface area contributed by atoms with E-state index in [1.165, 1.54) is 6.42 Å². The van der Waals surface area contributed by atoms with E-state index in [-0.39, 0.29) is 11.5 Å². The summed E-state index contributed by atoms with van der Waals surface area (Å²) in [6.45, 7) is 8.06. The number of fused-ring (bicyclic) bond motifs is 2. The quantitative estimate of drug-likeness (QED) is 0.254. The first kappa shape index (κ1) is 25.9. The van der Waals surface area contributed by atoms with Crippen molar-refractivity contribution in [3.8, 4) is 11.3 Å². The van der Waals surface area contributed by atoms with Crippen LogP contribution in [0.5, 0.6) is 0 Å². The van der Waals surface area contributed by atoms with E-state index in [9.17, 15) is 9.82 Å². The summed E-state index contributed by atoms with van der Waals surface area (Å²) < 4.78 is 11.9. The number of hydrogen-bond donors (Lipinski definition) is 2. The fraction of sp³-hybridized carbons (Fsp3) is 0.333. The van der Waals surface area contributed by atoms with Crippen LogP contribution in [0, 0.1) is 13.8 Å². The first-order valence-corrected chi connectivity index (χ1v) is 13.9. The van der Waals surface area contributed by atoms with E-state index < -0.39 is 7.12 Å². The molecule has 1 unspecified atom stereocenters. The largest absolute Gasteiger partial charge is 0.491 e. The summed E-state index contributed by atoms with van der Waals surface area (Å²) in [6.07, 6.45) is 3.40. The molecule has 1 atom stereocenters. The molecule has 1 fully saturated rings. The lowest BCUT2D eigenvalue weighted by atomic mass is 9.79. The molecule has 9 heteroatoms. The fourth-order valence-corrected chi connectivity index (χ4v) is 5.88. The molecule has 2 aliphatic heterocycles. The topological polar surface area (TPSA) is 87.8 Å². The Morgan fingerprint density at radius 3 is 2.69 bits per heavy atom. The van der Waals surface area contributed by atoms with Gasteiger partial charge in [0, 0.05) is 24.2 Å². The predicted octanol–water partition coefficient (Wildman–Crippen LogP) is 5.51. The molecule has 4 aromatic rings. The SMILES string of the molecule is Cc1cc(C(C)Nc2ccc(Cl)nc2-c2ccc3c(c2)COB3O)c2oc(N3CCCCC3)c(C)c(=O)c2c1. The summed E-state index contributed by atoms with van der Waals surface area (Å²) in [5.74, 6) is 0.681. The van der Waals surface area contributed by atoms with E-state index in [1.807, 2.05) is 44.2 Å². The molecular formula is C30H31BClN3O4. The van der Waals surface area contributed by atoms with E-state index in [2.05, 4.69) is 28.2 Å². The molecule has 2 aromatic carbocycles. The number of nitrogens with zero attached hydrogens (tertiary/aromatic N) is 2. The van der Waals surface area contributed by atoms with Crippen molar-refractivity contribution in [3.63, 3.8) is 0 Å². The first-order valence-electron chi connectivity index (χ1n) is 13.5. The summed E-state index contributed by atoms with van der Waals surface area (Å²) >= 11 is 6.33. The molecule has 4 heterocycles. The number of aryl methyl sites for hydroxylation is 1. The Bertz CT molecular complexity index is 1630. The molecule has 7 nitrogen and oxygen atoms in total.